The lowest BCUT2D eigenvalue weighted by atomic mass is 10.0. The molecule has 0 saturated carbocycles. The van der Waals surface area contributed by atoms with Gasteiger partial charge in [0.15, 0.2) is 5.16 Å². The minimum Gasteiger partial charge on any atom is -0.368 e. The molecule has 0 aliphatic rings. The standard InChI is InChI=1S/C20H14FN5S/c21-17-10-13(6-7-15(17)14-11-25-19(22)26-12-14)16-4-1-2-5-18(16)27-20-23-8-3-9-24-20/h1-12H,(H2,22,25,26). The molecule has 2 N–H and O–H groups in total. The highest BCUT2D eigenvalue weighted by Crippen LogP contribution is 2.35. The van der Waals surface area contributed by atoms with Crippen LogP contribution < -0.4 is 5.73 Å². The van der Waals surface area contributed by atoms with Crippen molar-refractivity contribution in [2.24, 2.45) is 0 Å². The SMILES string of the molecule is Nc1ncc(-c2ccc(-c3ccccc3Sc3ncccn3)cc2F)cn1. The molecule has 0 aliphatic carbocycles. The van der Waals surface area contributed by atoms with Gasteiger partial charge in [-0.15, -0.1) is 0 Å². The van der Waals surface area contributed by atoms with Gasteiger partial charge in [-0.25, -0.2) is 24.3 Å². The third-order valence-corrected chi connectivity index (χ3v) is 4.86. The van der Waals surface area contributed by atoms with E-state index < -0.39 is 0 Å². The smallest absolute Gasteiger partial charge is 0.219 e. The molecule has 27 heavy (non-hydrogen) atoms. The van der Waals surface area contributed by atoms with Gasteiger partial charge in [0.25, 0.3) is 0 Å². The minimum atomic E-state index is -0.350. The molecule has 2 aromatic carbocycles. The Hall–Kier alpha value is -3.32. The Labute approximate surface area is 159 Å². The molecule has 132 valence electrons. The van der Waals surface area contributed by atoms with Crippen LogP contribution in [-0.2, 0) is 0 Å². The highest BCUT2D eigenvalue weighted by atomic mass is 32.2. The first kappa shape index (κ1) is 17.1. The van der Waals surface area contributed by atoms with E-state index in [4.69, 9.17) is 5.73 Å². The second kappa shape index (κ2) is 7.51. The van der Waals surface area contributed by atoms with Crippen LogP contribution in [-0.4, -0.2) is 19.9 Å². The van der Waals surface area contributed by atoms with E-state index in [0.29, 0.717) is 16.3 Å². The normalized spacial score (nSPS) is 10.7. The van der Waals surface area contributed by atoms with Crippen molar-refractivity contribution in [2.75, 3.05) is 5.73 Å². The van der Waals surface area contributed by atoms with Crippen molar-refractivity contribution in [2.45, 2.75) is 10.1 Å². The van der Waals surface area contributed by atoms with Crippen LogP contribution in [0.4, 0.5) is 10.3 Å². The van der Waals surface area contributed by atoms with Crippen LogP contribution in [0.5, 0.6) is 0 Å². The molecule has 5 nitrogen and oxygen atoms in total. The molecule has 0 aliphatic heterocycles. The number of hydrogen-bond acceptors (Lipinski definition) is 6. The molecule has 0 saturated heterocycles. The lowest BCUT2D eigenvalue weighted by Crippen LogP contribution is -1.95. The van der Waals surface area contributed by atoms with Crippen molar-refractivity contribution >= 4 is 17.7 Å². The second-order valence-corrected chi connectivity index (χ2v) is 6.66. The van der Waals surface area contributed by atoms with Crippen molar-refractivity contribution in [3.63, 3.8) is 0 Å². The molecule has 2 aromatic heterocycles. The molecule has 2 heterocycles. The first-order valence-electron chi connectivity index (χ1n) is 8.12. The molecule has 4 aromatic rings. The van der Waals surface area contributed by atoms with Gasteiger partial charge < -0.3 is 5.73 Å². The Morgan fingerprint density at radius 3 is 2.26 bits per heavy atom. The molecular formula is C20H14FN5S. The molecule has 0 unspecified atom stereocenters. The van der Waals surface area contributed by atoms with E-state index in [-0.39, 0.29) is 11.8 Å². The summed E-state index contributed by atoms with van der Waals surface area (Å²) in [5.41, 5.74) is 8.18. The monoisotopic (exact) mass is 375 g/mol. The minimum absolute atomic E-state index is 0.157. The van der Waals surface area contributed by atoms with Crippen LogP contribution in [0.2, 0.25) is 0 Å². The third-order valence-electron chi connectivity index (χ3n) is 3.89. The maximum atomic E-state index is 14.8. The molecule has 0 radical (unpaired) electrons. The van der Waals surface area contributed by atoms with Crippen molar-refractivity contribution in [1.29, 1.82) is 0 Å². The number of nitrogens with zero attached hydrogens (tertiary/aromatic N) is 4. The van der Waals surface area contributed by atoms with Crippen LogP contribution in [0.1, 0.15) is 0 Å². The first-order chi connectivity index (χ1) is 13.2. The summed E-state index contributed by atoms with van der Waals surface area (Å²) in [5.74, 6) is -0.193. The molecule has 4 rings (SSSR count). The van der Waals surface area contributed by atoms with Crippen LogP contribution in [0, 0.1) is 5.82 Å². The summed E-state index contributed by atoms with van der Waals surface area (Å²) in [7, 11) is 0. The van der Waals surface area contributed by atoms with Gasteiger partial charge in [0, 0.05) is 40.8 Å². The van der Waals surface area contributed by atoms with Crippen LogP contribution >= 0.6 is 11.8 Å². The Morgan fingerprint density at radius 1 is 0.778 bits per heavy atom. The number of hydrogen-bond donors (Lipinski definition) is 1. The van der Waals surface area contributed by atoms with Crippen LogP contribution in [0.15, 0.2) is 83.4 Å². The van der Waals surface area contributed by atoms with Crippen molar-refractivity contribution in [3.05, 3.63) is 79.1 Å². The van der Waals surface area contributed by atoms with Gasteiger partial charge in [-0.05, 0) is 41.1 Å². The molecule has 0 fully saturated rings. The van der Waals surface area contributed by atoms with E-state index in [9.17, 15) is 4.39 Å². The molecular weight excluding hydrogens is 361 g/mol. The lowest BCUT2D eigenvalue weighted by molar-refractivity contribution is 0.631. The van der Waals surface area contributed by atoms with Crippen LogP contribution in [0.3, 0.4) is 0 Å². The summed E-state index contributed by atoms with van der Waals surface area (Å²) in [6, 6.07) is 14.7. The zero-order chi connectivity index (χ0) is 18.6. The topological polar surface area (TPSA) is 77.6 Å². The highest BCUT2D eigenvalue weighted by molar-refractivity contribution is 7.99. The summed E-state index contributed by atoms with van der Waals surface area (Å²) in [5, 5.41) is 0.640. The van der Waals surface area contributed by atoms with E-state index in [0.717, 1.165) is 16.0 Å². The zero-order valence-corrected chi connectivity index (χ0v) is 14.9. The predicted molar refractivity (Wildman–Crippen MR) is 103 cm³/mol. The fraction of sp³-hybridized carbons (Fsp3) is 0. The van der Waals surface area contributed by atoms with Crippen LogP contribution in [0.25, 0.3) is 22.3 Å². The van der Waals surface area contributed by atoms with E-state index in [1.54, 1.807) is 24.5 Å². The Bertz CT molecular complexity index is 1070. The highest BCUT2D eigenvalue weighted by Gasteiger charge is 2.12. The Balaban J connectivity index is 1.70. The van der Waals surface area contributed by atoms with Gasteiger partial charge in [-0.2, -0.15) is 0 Å². The third kappa shape index (κ3) is 3.78. The van der Waals surface area contributed by atoms with Crippen molar-refractivity contribution in [1.82, 2.24) is 19.9 Å². The summed E-state index contributed by atoms with van der Waals surface area (Å²) in [6.45, 7) is 0. The summed E-state index contributed by atoms with van der Waals surface area (Å²) < 4.78 is 14.8. The van der Waals surface area contributed by atoms with Gasteiger partial charge in [-0.3, -0.25) is 0 Å². The summed E-state index contributed by atoms with van der Waals surface area (Å²) in [4.78, 5) is 17.3. The lowest BCUT2D eigenvalue weighted by Gasteiger charge is -2.10. The predicted octanol–water partition coefficient (Wildman–Crippen LogP) is 4.47. The maximum Gasteiger partial charge on any atom is 0.219 e. The van der Waals surface area contributed by atoms with Gasteiger partial charge in [0.2, 0.25) is 5.95 Å². The largest absolute Gasteiger partial charge is 0.368 e. The Kier molecular flexibility index (Phi) is 4.76. The van der Waals surface area contributed by atoms with E-state index in [2.05, 4.69) is 19.9 Å². The average Bonchev–Trinajstić information content (AvgIpc) is 2.70. The molecule has 0 bridgehead atoms. The number of aromatic nitrogens is 4. The maximum absolute atomic E-state index is 14.8. The zero-order valence-electron chi connectivity index (χ0n) is 14.1. The number of rotatable bonds is 4. The first-order valence-corrected chi connectivity index (χ1v) is 8.94. The molecule has 0 atom stereocenters. The van der Waals surface area contributed by atoms with E-state index in [1.807, 2.05) is 30.3 Å². The van der Waals surface area contributed by atoms with E-state index in [1.165, 1.54) is 30.2 Å². The molecule has 0 amide bonds. The van der Waals surface area contributed by atoms with Gasteiger partial charge >= 0.3 is 0 Å². The number of halogens is 1. The van der Waals surface area contributed by atoms with Crippen molar-refractivity contribution in [3.8, 4) is 22.3 Å². The fourth-order valence-electron chi connectivity index (χ4n) is 2.62. The van der Waals surface area contributed by atoms with Crippen molar-refractivity contribution < 1.29 is 4.39 Å². The molecule has 7 heteroatoms. The van der Waals surface area contributed by atoms with Gasteiger partial charge in [0.05, 0.1) is 0 Å². The second-order valence-electron chi connectivity index (χ2n) is 5.65. The summed E-state index contributed by atoms with van der Waals surface area (Å²) in [6.07, 6.45) is 6.41. The Morgan fingerprint density at radius 2 is 1.52 bits per heavy atom. The van der Waals surface area contributed by atoms with Gasteiger partial charge in [-0.1, -0.05) is 30.3 Å². The number of anilines is 1. The quantitative estimate of drug-likeness (QED) is 0.530. The number of benzene rings is 2. The van der Waals surface area contributed by atoms with E-state index >= 15 is 0 Å². The average molecular weight is 375 g/mol. The summed E-state index contributed by atoms with van der Waals surface area (Å²) >= 11 is 1.44. The number of nitrogens with two attached hydrogens (primary N) is 1. The molecule has 0 spiro atoms. The van der Waals surface area contributed by atoms with Gasteiger partial charge in [0.1, 0.15) is 5.82 Å². The number of nitrogen functional groups attached to an aromatic ring is 1. The fourth-order valence-corrected chi connectivity index (χ4v) is 3.49.